The molecule has 0 aromatic heterocycles. The third-order valence-corrected chi connectivity index (χ3v) is 1.84. The Morgan fingerprint density at radius 2 is 1.86 bits per heavy atom. The van der Waals surface area contributed by atoms with Crippen LogP contribution in [0, 0.1) is 0 Å². The first-order chi connectivity index (χ1) is 6.61. The van der Waals surface area contributed by atoms with Gasteiger partial charge in [-0.3, -0.25) is 4.79 Å². The van der Waals surface area contributed by atoms with Crippen LogP contribution in [0.1, 0.15) is 11.7 Å². The van der Waals surface area contributed by atoms with Gasteiger partial charge >= 0.3 is 10.5 Å². The van der Waals surface area contributed by atoms with Gasteiger partial charge in [0.15, 0.2) is 6.10 Å². The summed E-state index contributed by atoms with van der Waals surface area (Å²) in [4.78, 5) is 10.9. The van der Waals surface area contributed by atoms with E-state index in [-0.39, 0.29) is 0 Å². The summed E-state index contributed by atoms with van der Waals surface area (Å²) in [5, 5.41) is 9.32. The lowest BCUT2D eigenvalue weighted by molar-refractivity contribution is -0.125. The van der Waals surface area contributed by atoms with Crippen LogP contribution in [0.4, 0.5) is 0 Å². The quantitative estimate of drug-likeness (QED) is 0.766. The summed E-state index contributed by atoms with van der Waals surface area (Å²) in [6, 6.07) is 7.97. The van der Waals surface area contributed by atoms with Crippen molar-refractivity contribution in [3.63, 3.8) is 0 Å². The Kier molecular flexibility index (Phi) is 3.49. The molecule has 0 fully saturated rings. The van der Waals surface area contributed by atoms with E-state index in [0.29, 0.717) is 5.56 Å². The van der Waals surface area contributed by atoms with Crippen LogP contribution in [0.15, 0.2) is 34.7 Å². The number of amides is 1. The van der Waals surface area contributed by atoms with Crippen LogP contribution in [0.2, 0.25) is 0 Å². The smallest absolute Gasteiger partial charge is 0.319 e. The number of hydrogen-bond donors (Lipinski definition) is 1. The Labute approximate surface area is 81.7 Å². The third-order valence-electron chi connectivity index (χ3n) is 1.51. The predicted octanol–water partition coefficient (Wildman–Crippen LogP) is 0.309. The van der Waals surface area contributed by atoms with Gasteiger partial charge in [-0.15, -0.1) is 0 Å². The molecule has 1 N–H and O–H groups in total. The molecule has 1 amide bonds. The molecule has 0 saturated heterocycles. The lowest BCUT2D eigenvalue weighted by atomic mass is 10.1. The average molecular weight is 213 g/mol. The third kappa shape index (κ3) is 2.75. The summed E-state index contributed by atoms with van der Waals surface area (Å²) in [5.74, 6) is -1.09. The van der Waals surface area contributed by atoms with Crippen LogP contribution >= 0.6 is 0 Å². The van der Waals surface area contributed by atoms with Crippen LogP contribution in [0.5, 0.6) is 0 Å². The second-order valence-electron chi connectivity index (χ2n) is 2.46. The summed E-state index contributed by atoms with van der Waals surface area (Å²) in [5.41, 5.74) is 0.312. The van der Waals surface area contributed by atoms with Crippen molar-refractivity contribution in [1.29, 1.82) is 0 Å². The van der Waals surface area contributed by atoms with Gasteiger partial charge in [0.1, 0.15) is 0 Å². The standard InChI is InChI=1S/C8H7NO4S/c10-7(8(11)9-14(12)13)6-4-2-1-3-5-6/h1-5,7,10H. The van der Waals surface area contributed by atoms with Crippen LogP contribution in [-0.2, 0) is 15.3 Å². The van der Waals surface area contributed by atoms with Gasteiger partial charge in [0.05, 0.1) is 0 Å². The first kappa shape index (κ1) is 10.6. The molecule has 0 saturated carbocycles. The molecule has 0 radical (unpaired) electrons. The minimum absolute atomic E-state index is 0.312. The van der Waals surface area contributed by atoms with Gasteiger partial charge < -0.3 is 5.11 Å². The minimum atomic E-state index is -2.82. The molecule has 14 heavy (non-hydrogen) atoms. The van der Waals surface area contributed by atoms with Gasteiger partial charge in [0.2, 0.25) is 0 Å². The molecular formula is C8H7NO4S. The zero-order valence-electron chi connectivity index (χ0n) is 6.99. The van der Waals surface area contributed by atoms with E-state index in [9.17, 15) is 18.3 Å². The number of carbonyl (C=O) groups is 1. The summed E-state index contributed by atoms with van der Waals surface area (Å²) in [6.07, 6.45) is -1.52. The SMILES string of the molecule is O=C(N=S(=O)=O)C(O)c1ccccc1. The normalized spacial score (nSPS) is 11.8. The van der Waals surface area contributed by atoms with Crippen molar-refractivity contribution in [2.24, 2.45) is 4.36 Å². The Hall–Kier alpha value is -1.53. The van der Waals surface area contributed by atoms with Crippen LogP contribution in [-0.4, -0.2) is 19.4 Å². The summed E-state index contributed by atoms with van der Waals surface area (Å²) >= 11 is 0. The number of hydrogen-bond acceptors (Lipinski definition) is 4. The number of rotatable bonds is 2. The molecule has 0 aliphatic heterocycles. The lowest BCUT2D eigenvalue weighted by Crippen LogP contribution is -2.08. The average Bonchev–Trinajstić information content (AvgIpc) is 2.17. The highest BCUT2D eigenvalue weighted by molar-refractivity contribution is 7.62. The number of aliphatic hydroxyl groups excluding tert-OH is 1. The Morgan fingerprint density at radius 3 is 2.36 bits per heavy atom. The Balaban J connectivity index is 2.92. The second-order valence-corrected chi connectivity index (χ2v) is 3.08. The van der Waals surface area contributed by atoms with E-state index >= 15 is 0 Å². The van der Waals surface area contributed by atoms with Gasteiger partial charge in [0, 0.05) is 0 Å². The molecule has 1 aromatic rings. The highest BCUT2D eigenvalue weighted by atomic mass is 32.2. The van der Waals surface area contributed by atoms with Gasteiger partial charge in [-0.25, -0.2) is 0 Å². The van der Waals surface area contributed by atoms with Crippen molar-refractivity contribution in [2.75, 3.05) is 0 Å². The number of benzene rings is 1. The minimum Gasteiger partial charge on any atom is -0.378 e. The first-order valence-corrected chi connectivity index (χ1v) is 4.72. The van der Waals surface area contributed by atoms with E-state index in [1.165, 1.54) is 12.1 Å². The molecule has 1 atom stereocenters. The number of carbonyl (C=O) groups excluding carboxylic acids is 1. The Bertz CT molecular complexity index is 443. The van der Waals surface area contributed by atoms with Gasteiger partial charge in [0.25, 0.3) is 5.91 Å². The zero-order chi connectivity index (χ0) is 10.6. The first-order valence-electron chi connectivity index (χ1n) is 3.69. The fourth-order valence-corrected chi connectivity index (χ4v) is 1.15. The molecule has 5 nitrogen and oxygen atoms in total. The highest BCUT2D eigenvalue weighted by Crippen LogP contribution is 2.13. The summed E-state index contributed by atoms with van der Waals surface area (Å²) < 4.78 is 22.8. The molecule has 1 rings (SSSR count). The molecular weight excluding hydrogens is 206 g/mol. The molecule has 74 valence electrons. The molecule has 6 heteroatoms. The fourth-order valence-electron chi connectivity index (χ4n) is 0.901. The Morgan fingerprint density at radius 1 is 1.29 bits per heavy atom. The van der Waals surface area contributed by atoms with Crippen molar-refractivity contribution in [3.05, 3.63) is 35.9 Å². The number of nitrogens with zero attached hydrogens (tertiary/aromatic N) is 1. The summed E-state index contributed by atoms with van der Waals surface area (Å²) in [7, 11) is -2.82. The number of aliphatic hydroxyl groups is 1. The van der Waals surface area contributed by atoms with E-state index in [0.717, 1.165) is 0 Å². The van der Waals surface area contributed by atoms with E-state index in [1.54, 1.807) is 18.2 Å². The van der Waals surface area contributed by atoms with E-state index in [2.05, 4.69) is 4.36 Å². The van der Waals surface area contributed by atoms with Crippen LogP contribution < -0.4 is 0 Å². The van der Waals surface area contributed by atoms with Crippen molar-refractivity contribution >= 4 is 16.4 Å². The molecule has 0 spiro atoms. The van der Waals surface area contributed by atoms with Gasteiger partial charge in [-0.1, -0.05) is 34.7 Å². The zero-order valence-corrected chi connectivity index (χ0v) is 7.81. The van der Waals surface area contributed by atoms with Crippen molar-refractivity contribution in [1.82, 2.24) is 0 Å². The van der Waals surface area contributed by atoms with Crippen molar-refractivity contribution in [2.45, 2.75) is 6.10 Å². The van der Waals surface area contributed by atoms with Crippen molar-refractivity contribution in [3.8, 4) is 0 Å². The lowest BCUT2D eigenvalue weighted by Gasteiger charge is -2.03. The van der Waals surface area contributed by atoms with Gasteiger partial charge in [-0.05, 0) is 5.56 Å². The molecule has 1 unspecified atom stereocenters. The maximum absolute atomic E-state index is 10.9. The molecule has 1 aromatic carbocycles. The maximum Gasteiger partial charge on any atom is 0.319 e. The molecule has 0 aliphatic rings. The maximum atomic E-state index is 10.9. The van der Waals surface area contributed by atoms with Crippen LogP contribution in [0.3, 0.4) is 0 Å². The van der Waals surface area contributed by atoms with Crippen LogP contribution in [0.25, 0.3) is 0 Å². The van der Waals surface area contributed by atoms with Gasteiger partial charge in [-0.2, -0.15) is 8.42 Å². The largest absolute Gasteiger partial charge is 0.378 e. The highest BCUT2D eigenvalue weighted by Gasteiger charge is 2.16. The van der Waals surface area contributed by atoms with E-state index in [4.69, 9.17) is 0 Å². The summed E-state index contributed by atoms with van der Waals surface area (Å²) in [6.45, 7) is 0. The molecule has 0 bridgehead atoms. The van der Waals surface area contributed by atoms with E-state index in [1.807, 2.05) is 0 Å². The topological polar surface area (TPSA) is 83.8 Å². The second kappa shape index (κ2) is 4.64. The molecule has 0 heterocycles. The van der Waals surface area contributed by atoms with Crippen molar-refractivity contribution < 1.29 is 18.3 Å². The fraction of sp³-hybridized carbons (Fsp3) is 0.125. The van der Waals surface area contributed by atoms with E-state index < -0.39 is 22.5 Å². The predicted molar refractivity (Wildman–Crippen MR) is 47.8 cm³/mol. The monoisotopic (exact) mass is 213 g/mol. The molecule has 0 aliphatic carbocycles.